The SMILES string of the molecule is CCC(C)C(NC(=O)C(Cc1ccccc1)NC(=O)C(N)CS)C(=O)O. The van der Waals surface area contributed by atoms with Gasteiger partial charge in [-0.25, -0.2) is 4.79 Å². The summed E-state index contributed by atoms with van der Waals surface area (Å²) in [5, 5.41) is 14.5. The molecule has 0 saturated carbocycles. The van der Waals surface area contributed by atoms with Gasteiger partial charge in [-0.2, -0.15) is 12.6 Å². The maximum Gasteiger partial charge on any atom is 0.326 e. The number of rotatable bonds is 10. The standard InChI is InChI=1S/C18H27N3O4S/c1-3-11(2)15(18(24)25)21-17(23)14(20-16(22)13(19)10-26)9-12-7-5-4-6-8-12/h4-8,11,13-15,26H,3,9-10,19H2,1-2H3,(H,20,22)(H,21,23)(H,24,25). The number of nitrogens with two attached hydrogens (primary N) is 1. The second-order valence-corrected chi connectivity index (χ2v) is 6.62. The molecule has 0 saturated heterocycles. The van der Waals surface area contributed by atoms with Crippen LogP contribution in [0.4, 0.5) is 0 Å². The molecule has 0 spiro atoms. The predicted octanol–water partition coefficient (Wildman–Crippen LogP) is 0.587. The molecule has 0 bridgehead atoms. The highest BCUT2D eigenvalue weighted by Crippen LogP contribution is 2.10. The first kappa shape index (κ1) is 22.0. The molecule has 0 radical (unpaired) electrons. The number of carbonyl (C=O) groups is 3. The summed E-state index contributed by atoms with van der Waals surface area (Å²) in [4.78, 5) is 36.2. The smallest absolute Gasteiger partial charge is 0.326 e. The molecule has 1 aromatic rings. The van der Waals surface area contributed by atoms with Gasteiger partial charge in [0.25, 0.3) is 0 Å². The van der Waals surface area contributed by atoms with Crippen LogP contribution in [0, 0.1) is 5.92 Å². The molecule has 0 aliphatic heterocycles. The number of aliphatic carboxylic acids is 1. The van der Waals surface area contributed by atoms with Crippen molar-refractivity contribution in [1.29, 1.82) is 0 Å². The van der Waals surface area contributed by atoms with Crippen molar-refractivity contribution in [2.75, 3.05) is 5.75 Å². The molecule has 8 heteroatoms. The highest BCUT2D eigenvalue weighted by atomic mass is 32.1. The van der Waals surface area contributed by atoms with E-state index < -0.39 is 35.9 Å². The summed E-state index contributed by atoms with van der Waals surface area (Å²) in [6.07, 6.45) is 0.821. The number of hydrogen-bond donors (Lipinski definition) is 5. The summed E-state index contributed by atoms with van der Waals surface area (Å²) in [5.74, 6) is -2.28. The maximum absolute atomic E-state index is 12.7. The molecule has 5 N–H and O–H groups in total. The minimum atomic E-state index is -1.11. The fraction of sp³-hybridized carbons (Fsp3) is 0.500. The van der Waals surface area contributed by atoms with Crippen LogP contribution in [0.1, 0.15) is 25.8 Å². The van der Waals surface area contributed by atoms with Gasteiger partial charge in [-0.3, -0.25) is 9.59 Å². The number of hydrogen-bond acceptors (Lipinski definition) is 5. The molecule has 2 amide bonds. The number of carboxylic acids is 1. The van der Waals surface area contributed by atoms with Gasteiger partial charge in [0.05, 0.1) is 6.04 Å². The third-order valence-corrected chi connectivity index (χ3v) is 4.62. The summed E-state index contributed by atoms with van der Waals surface area (Å²) >= 11 is 3.99. The van der Waals surface area contributed by atoms with E-state index in [1.807, 2.05) is 37.3 Å². The van der Waals surface area contributed by atoms with Crippen molar-refractivity contribution in [3.05, 3.63) is 35.9 Å². The van der Waals surface area contributed by atoms with Gasteiger partial charge in [0.15, 0.2) is 0 Å². The molecule has 144 valence electrons. The summed E-state index contributed by atoms with van der Waals surface area (Å²) in [7, 11) is 0. The number of amides is 2. The lowest BCUT2D eigenvalue weighted by Crippen LogP contribution is -2.56. The lowest BCUT2D eigenvalue weighted by Gasteiger charge is -2.25. The van der Waals surface area contributed by atoms with E-state index in [9.17, 15) is 19.5 Å². The van der Waals surface area contributed by atoms with Gasteiger partial charge in [0.1, 0.15) is 12.1 Å². The Morgan fingerprint density at radius 3 is 2.27 bits per heavy atom. The highest BCUT2D eigenvalue weighted by Gasteiger charge is 2.30. The van der Waals surface area contributed by atoms with Crippen LogP contribution in [0.5, 0.6) is 0 Å². The van der Waals surface area contributed by atoms with Crippen LogP contribution in [0.15, 0.2) is 30.3 Å². The Balaban J connectivity index is 2.96. The maximum atomic E-state index is 12.7. The molecule has 0 aliphatic carbocycles. The summed E-state index contributed by atoms with van der Waals surface area (Å²) in [6.45, 7) is 3.60. The molecule has 26 heavy (non-hydrogen) atoms. The van der Waals surface area contributed by atoms with Crippen molar-refractivity contribution in [1.82, 2.24) is 10.6 Å². The van der Waals surface area contributed by atoms with Crippen molar-refractivity contribution >= 4 is 30.4 Å². The van der Waals surface area contributed by atoms with Gasteiger partial charge < -0.3 is 21.5 Å². The van der Waals surface area contributed by atoms with E-state index in [-0.39, 0.29) is 18.1 Å². The van der Waals surface area contributed by atoms with E-state index in [0.29, 0.717) is 6.42 Å². The lowest BCUT2D eigenvalue weighted by atomic mass is 9.98. The van der Waals surface area contributed by atoms with Gasteiger partial charge in [-0.05, 0) is 11.5 Å². The zero-order valence-corrected chi connectivity index (χ0v) is 15.9. The average Bonchev–Trinajstić information content (AvgIpc) is 2.64. The molecule has 0 aliphatic rings. The second kappa shape index (κ2) is 10.8. The zero-order chi connectivity index (χ0) is 19.7. The Morgan fingerprint density at radius 2 is 1.77 bits per heavy atom. The fourth-order valence-electron chi connectivity index (χ4n) is 2.36. The minimum Gasteiger partial charge on any atom is -0.480 e. The molecule has 0 heterocycles. The normalized spacial score (nSPS) is 15.4. The van der Waals surface area contributed by atoms with Crippen LogP contribution in [0.2, 0.25) is 0 Å². The van der Waals surface area contributed by atoms with Gasteiger partial charge >= 0.3 is 5.97 Å². The first-order valence-corrected chi connectivity index (χ1v) is 9.17. The van der Waals surface area contributed by atoms with Crippen LogP contribution in [0.3, 0.4) is 0 Å². The van der Waals surface area contributed by atoms with Gasteiger partial charge in [0, 0.05) is 12.2 Å². The zero-order valence-electron chi connectivity index (χ0n) is 15.0. The van der Waals surface area contributed by atoms with Gasteiger partial charge in [0.2, 0.25) is 11.8 Å². The largest absolute Gasteiger partial charge is 0.480 e. The van der Waals surface area contributed by atoms with Gasteiger partial charge in [-0.15, -0.1) is 0 Å². The van der Waals surface area contributed by atoms with E-state index in [1.54, 1.807) is 6.92 Å². The second-order valence-electron chi connectivity index (χ2n) is 6.25. The number of carbonyl (C=O) groups excluding carboxylic acids is 2. The van der Waals surface area contributed by atoms with E-state index >= 15 is 0 Å². The van der Waals surface area contributed by atoms with E-state index in [4.69, 9.17) is 5.73 Å². The quantitative estimate of drug-likeness (QED) is 0.380. The van der Waals surface area contributed by atoms with Crippen molar-refractivity contribution in [3.63, 3.8) is 0 Å². The molecule has 1 aromatic carbocycles. The summed E-state index contributed by atoms with van der Waals surface area (Å²) < 4.78 is 0. The van der Waals surface area contributed by atoms with Gasteiger partial charge in [-0.1, -0.05) is 50.6 Å². The van der Waals surface area contributed by atoms with Crippen molar-refractivity contribution in [2.45, 2.75) is 44.8 Å². The number of benzene rings is 1. The van der Waals surface area contributed by atoms with Crippen molar-refractivity contribution < 1.29 is 19.5 Å². The molecule has 4 atom stereocenters. The molecular weight excluding hydrogens is 354 g/mol. The summed E-state index contributed by atoms with van der Waals surface area (Å²) in [6, 6.07) is 6.34. The Bertz CT molecular complexity index is 612. The number of nitrogens with one attached hydrogen (secondary N) is 2. The van der Waals surface area contributed by atoms with Crippen LogP contribution in [0.25, 0.3) is 0 Å². The monoisotopic (exact) mass is 381 g/mol. The Hall–Kier alpha value is -2.06. The van der Waals surface area contributed by atoms with Crippen LogP contribution < -0.4 is 16.4 Å². The lowest BCUT2D eigenvalue weighted by molar-refractivity contribution is -0.143. The number of thiol groups is 1. The van der Waals surface area contributed by atoms with Crippen LogP contribution >= 0.6 is 12.6 Å². The molecule has 1 rings (SSSR count). The summed E-state index contributed by atoms with van der Waals surface area (Å²) in [5.41, 5.74) is 6.50. The molecular formula is C18H27N3O4S. The third-order valence-electron chi connectivity index (χ3n) is 4.23. The first-order chi connectivity index (χ1) is 12.3. The predicted molar refractivity (Wildman–Crippen MR) is 103 cm³/mol. The third kappa shape index (κ3) is 6.68. The van der Waals surface area contributed by atoms with Crippen molar-refractivity contribution in [2.24, 2.45) is 11.7 Å². The average molecular weight is 381 g/mol. The topological polar surface area (TPSA) is 122 Å². The van der Waals surface area contributed by atoms with E-state index in [0.717, 1.165) is 5.56 Å². The molecule has 0 fully saturated rings. The van der Waals surface area contributed by atoms with Crippen molar-refractivity contribution in [3.8, 4) is 0 Å². The Labute approximate surface area is 159 Å². The molecule has 0 aromatic heterocycles. The van der Waals surface area contributed by atoms with Crippen LogP contribution in [-0.2, 0) is 20.8 Å². The molecule has 7 nitrogen and oxygen atoms in total. The number of carboxylic acid groups (broad SMARTS) is 1. The van der Waals surface area contributed by atoms with E-state index in [1.165, 1.54) is 0 Å². The Morgan fingerprint density at radius 1 is 1.15 bits per heavy atom. The fourth-order valence-corrected chi connectivity index (χ4v) is 2.52. The molecule has 4 unspecified atom stereocenters. The highest BCUT2D eigenvalue weighted by molar-refractivity contribution is 7.80. The van der Waals surface area contributed by atoms with Crippen LogP contribution in [-0.4, -0.2) is 46.8 Å². The first-order valence-electron chi connectivity index (χ1n) is 8.54. The Kier molecular flexibility index (Phi) is 9.15. The minimum absolute atomic E-state index is 0.135. The van der Waals surface area contributed by atoms with E-state index in [2.05, 4.69) is 23.3 Å².